The first-order valence-corrected chi connectivity index (χ1v) is 10.7. The van der Waals surface area contributed by atoms with E-state index in [1.54, 1.807) is 25.3 Å². The lowest BCUT2D eigenvalue weighted by molar-refractivity contribution is 0.0728. The third-order valence-electron chi connectivity index (χ3n) is 5.32. The van der Waals surface area contributed by atoms with E-state index in [1.807, 2.05) is 52.4 Å². The van der Waals surface area contributed by atoms with Crippen LogP contribution in [-0.4, -0.2) is 47.6 Å². The van der Waals surface area contributed by atoms with E-state index >= 15 is 0 Å². The van der Waals surface area contributed by atoms with Gasteiger partial charge in [0.05, 0.1) is 20.8 Å². The quantitative estimate of drug-likeness (QED) is 0.483. The van der Waals surface area contributed by atoms with Crippen LogP contribution in [0.4, 0.5) is 0 Å². The maximum absolute atomic E-state index is 13.2. The summed E-state index contributed by atoms with van der Waals surface area (Å²) in [6.07, 6.45) is 3.67. The molecule has 0 atom stereocenters. The van der Waals surface area contributed by atoms with Gasteiger partial charge in [-0.25, -0.2) is 4.98 Å². The van der Waals surface area contributed by atoms with Crippen LogP contribution >= 0.6 is 11.3 Å². The number of aromatic nitrogens is 2. The van der Waals surface area contributed by atoms with Crippen LogP contribution < -0.4 is 14.2 Å². The van der Waals surface area contributed by atoms with Crippen molar-refractivity contribution in [3.8, 4) is 28.4 Å². The number of amides is 1. The topological polar surface area (TPSA) is 65.3 Å². The van der Waals surface area contributed by atoms with E-state index in [9.17, 15) is 4.79 Å². The Labute approximate surface area is 183 Å². The van der Waals surface area contributed by atoms with Crippen molar-refractivity contribution in [3.63, 3.8) is 0 Å². The molecule has 0 spiro atoms. The largest absolute Gasteiger partial charge is 0.497 e. The average molecular weight is 436 g/mol. The maximum atomic E-state index is 13.2. The predicted octanol–water partition coefficient (Wildman–Crippen LogP) is 4.11. The van der Waals surface area contributed by atoms with Gasteiger partial charge in [-0.05, 0) is 35.4 Å². The molecule has 1 aliphatic rings. The zero-order valence-electron chi connectivity index (χ0n) is 17.2. The number of benzene rings is 2. The number of rotatable bonds is 4. The van der Waals surface area contributed by atoms with Crippen LogP contribution in [0.25, 0.3) is 16.1 Å². The van der Waals surface area contributed by atoms with E-state index in [4.69, 9.17) is 14.2 Å². The number of fused-ring (bicyclic) bond motifs is 2. The Hall–Kier alpha value is -3.52. The second-order valence-corrected chi connectivity index (χ2v) is 8.07. The lowest BCUT2D eigenvalue weighted by atomic mass is 10.0. The molecule has 7 nitrogen and oxygen atoms in total. The Kier molecular flexibility index (Phi) is 4.99. The molecule has 0 aliphatic carbocycles. The second-order valence-electron chi connectivity index (χ2n) is 7.19. The molecule has 1 aliphatic heterocycles. The Morgan fingerprint density at radius 1 is 1.16 bits per heavy atom. The van der Waals surface area contributed by atoms with Crippen LogP contribution in [0.5, 0.6) is 17.2 Å². The summed E-state index contributed by atoms with van der Waals surface area (Å²) in [4.78, 5) is 20.2. The highest BCUT2D eigenvalue weighted by Crippen LogP contribution is 2.39. The van der Waals surface area contributed by atoms with Gasteiger partial charge in [-0.2, -0.15) is 0 Å². The number of imidazole rings is 1. The van der Waals surface area contributed by atoms with Crippen molar-refractivity contribution in [1.82, 2.24) is 14.3 Å². The van der Waals surface area contributed by atoms with E-state index in [0.717, 1.165) is 27.4 Å². The first-order valence-electron chi connectivity index (χ1n) is 9.86. The molecule has 5 rings (SSSR count). The highest BCUT2D eigenvalue weighted by Gasteiger charge is 2.26. The molecule has 0 saturated carbocycles. The predicted molar refractivity (Wildman–Crippen MR) is 118 cm³/mol. The number of hydrogen-bond donors (Lipinski definition) is 0. The highest BCUT2D eigenvalue weighted by molar-refractivity contribution is 7.15. The number of thiazole rings is 1. The summed E-state index contributed by atoms with van der Waals surface area (Å²) < 4.78 is 18.9. The normalized spacial score (nSPS) is 13.4. The van der Waals surface area contributed by atoms with Crippen LogP contribution in [0.15, 0.2) is 54.2 Å². The molecule has 0 saturated heterocycles. The molecule has 158 valence electrons. The van der Waals surface area contributed by atoms with E-state index < -0.39 is 0 Å². The number of carbonyl (C=O) groups excluding carboxylic acids is 1. The van der Waals surface area contributed by atoms with Gasteiger partial charge in [-0.3, -0.25) is 9.20 Å². The number of methoxy groups -OCH3 is 2. The molecule has 3 heterocycles. The van der Waals surface area contributed by atoms with Crippen LogP contribution in [0.3, 0.4) is 0 Å². The van der Waals surface area contributed by atoms with Crippen molar-refractivity contribution >= 4 is 22.2 Å². The van der Waals surface area contributed by atoms with Crippen molar-refractivity contribution in [2.45, 2.75) is 6.54 Å². The average Bonchev–Trinajstić information content (AvgIpc) is 3.34. The van der Waals surface area contributed by atoms with Gasteiger partial charge in [0.15, 0.2) is 16.5 Å². The molecule has 4 aromatic rings. The molecule has 2 aromatic carbocycles. The molecule has 2 aromatic heterocycles. The minimum atomic E-state index is -0.113. The van der Waals surface area contributed by atoms with Crippen molar-refractivity contribution < 1.29 is 19.0 Å². The first-order chi connectivity index (χ1) is 15.2. The summed E-state index contributed by atoms with van der Waals surface area (Å²) in [5, 5.41) is 1.94. The van der Waals surface area contributed by atoms with Gasteiger partial charge >= 0.3 is 0 Å². The van der Waals surface area contributed by atoms with Gasteiger partial charge in [-0.15, -0.1) is 11.3 Å². The molecule has 0 radical (unpaired) electrons. The Bertz CT molecular complexity index is 1230. The first kappa shape index (κ1) is 19.4. The summed E-state index contributed by atoms with van der Waals surface area (Å²) >= 11 is 1.50. The number of nitrogens with zero attached hydrogens (tertiary/aromatic N) is 3. The molecule has 0 bridgehead atoms. The molecular formula is C23H21N3O4S. The van der Waals surface area contributed by atoms with Crippen LogP contribution in [0, 0.1) is 0 Å². The zero-order valence-corrected chi connectivity index (χ0v) is 18.0. The van der Waals surface area contributed by atoms with Crippen molar-refractivity contribution in [3.05, 3.63) is 65.4 Å². The van der Waals surface area contributed by atoms with Gasteiger partial charge in [-0.1, -0.05) is 12.1 Å². The van der Waals surface area contributed by atoms with Gasteiger partial charge in [0.1, 0.15) is 18.1 Å². The minimum Gasteiger partial charge on any atom is -0.497 e. The maximum Gasteiger partial charge on any atom is 0.274 e. The summed E-state index contributed by atoms with van der Waals surface area (Å²) in [5.41, 5.74) is 3.29. The van der Waals surface area contributed by atoms with Crippen molar-refractivity contribution in [2.24, 2.45) is 0 Å². The third kappa shape index (κ3) is 3.59. The van der Waals surface area contributed by atoms with E-state index in [2.05, 4.69) is 4.98 Å². The van der Waals surface area contributed by atoms with E-state index in [0.29, 0.717) is 36.9 Å². The fraction of sp³-hybridized carbons (Fsp3) is 0.217. The van der Waals surface area contributed by atoms with Crippen molar-refractivity contribution in [1.29, 1.82) is 0 Å². The smallest absolute Gasteiger partial charge is 0.274 e. The van der Waals surface area contributed by atoms with Gasteiger partial charge in [0.2, 0.25) is 0 Å². The lowest BCUT2D eigenvalue weighted by Gasteiger charge is -2.19. The Morgan fingerprint density at radius 3 is 2.87 bits per heavy atom. The minimum absolute atomic E-state index is 0.113. The third-order valence-corrected chi connectivity index (χ3v) is 6.09. The Morgan fingerprint density at radius 2 is 2.06 bits per heavy atom. The zero-order chi connectivity index (χ0) is 21.4. The summed E-state index contributed by atoms with van der Waals surface area (Å²) in [5.74, 6) is 1.99. The molecule has 31 heavy (non-hydrogen) atoms. The summed E-state index contributed by atoms with van der Waals surface area (Å²) in [6, 6.07) is 11.8. The molecule has 0 fully saturated rings. The van der Waals surface area contributed by atoms with Crippen LogP contribution in [0.1, 0.15) is 16.1 Å². The lowest BCUT2D eigenvalue weighted by Crippen LogP contribution is -2.32. The van der Waals surface area contributed by atoms with Crippen LogP contribution in [0.2, 0.25) is 0 Å². The SMILES string of the molecule is COc1cccc(-c2cc3c(c(OC)c2)OCCN(C(=O)c2cn4ccsc4n2)C3)c1. The number of ether oxygens (including phenoxy) is 3. The number of hydrogen-bond acceptors (Lipinski definition) is 6. The van der Waals surface area contributed by atoms with E-state index in [1.165, 1.54) is 11.3 Å². The standard InChI is InChI=1S/C23H21N3O4S/c1-28-18-5-3-4-15(11-18)16-10-17-13-25(6-8-30-21(17)20(12-16)29-2)22(27)19-14-26-7-9-31-23(26)24-19/h3-5,7,9-12,14H,6,8,13H2,1-2H3. The molecule has 1 amide bonds. The van der Waals surface area contributed by atoms with Gasteiger partial charge < -0.3 is 19.1 Å². The van der Waals surface area contributed by atoms with Gasteiger partial charge in [0, 0.05) is 29.9 Å². The fourth-order valence-electron chi connectivity index (χ4n) is 3.77. The van der Waals surface area contributed by atoms with Crippen molar-refractivity contribution in [2.75, 3.05) is 27.4 Å². The molecule has 0 N–H and O–H groups in total. The second kappa shape index (κ2) is 7.96. The fourth-order valence-corrected chi connectivity index (χ4v) is 4.47. The van der Waals surface area contributed by atoms with Gasteiger partial charge in [0.25, 0.3) is 5.91 Å². The summed E-state index contributed by atoms with van der Waals surface area (Å²) in [7, 11) is 3.27. The van der Waals surface area contributed by atoms with E-state index in [-0.39, 0.29) is 5.91 Å². The molecule has 8 heteroatoms. The Balaban J connectivity index is 1.51. The molecular weight excluding hydrogens is 414 g/mol. The number of carbonyl (C=O) groups is 1. The highest BCUT2D eigenvalue weighted by atomic mass is 32.1. The summed E-state index contributed by atoms with van der Waals surface area (Å²) in [6.45, 7) is 1.26. The molecule has 0 unspecified atom stereocenters. The van der Waals surface area contributed by atoms with Crippen LogP contribution in [-0.2, 0) is 6.54 Å². The monoisotopic (exact) mass is 435 g/mol.